The van der Waals surface area contributed by atoms with E-state index < -0.39 is 0 Å². The Labute approximate surface area is 175 Å². The highest BCUT2D eigenvalue weighted by atomic mass is 14.3. The fourth-order valence-electron chi connectivity index (χ4n) is 4.69. The van der Waals surface area contributed by atoms with Crippen LogP contribution in [0.25, 0.3) is 17.2 Å². The van der Waals surface area contributed by atoms with Gasteiger partial charge in [0.15, 0.2) is 0 Å². The van der Waals surface area contributed by atoms with Gasteiger partial charge in [-0.15, -0.1) is 0 Å². The van der Waals surface area contributed by atoms with E-state index in [4.69, 9.17) is 0 Å². The minimum Gasteiger partial charge on any atom is -0.0801 e. The van der Waals surface area contributed by atoms with Gasteiger partial charge in [-0.3, -0.25) is 0 Å². The molecule has 0 atom stereocenters. The van der Waals surface area contributed by atoms with Gasteiger partial charge < -0.3 is 0 Å². The van der Waals surface area contributed by atoms with Crippen LogP contribution in [0.2, 0.25) is 0 Å². The van der Waals surface area contributed by atoms with Gasteiger partial charge in [-0.05, 0) is 91.9 Å². The van der Waals surface area contributed by atoms with Crippen LogP contribution in [0, 0.1) is 10.4 Å². The average molecular weight is 383 g/mol. The molecule has 4 rings (SSSR count). The molecule has 2 aromatic rings. The maximum atomic E-state index is 2.48. The number of allylic oxidation sites excluding steroid dienone is 4. The summed E-state index contributed by atoms with van der Waals surface area (Å²) >= 11 is 0. The zero-order chi connectivity index (χ0) is 21.1. The first-order valence-electron chi connectivity index (χ1n) is 10.9. The lowest BCUT2D eigenvalue weighted by Crippen LogP contribution is -2.27. The van der Waals surface area contributed by atoms with Crippen molar-refractivity contribution in [1.29, 1.82) is 0 Å². The van der Waals surface area contributed by atoms with E-state index in [1.807, 2.05) is 0 Å². The van der Waals surface area contributed by atoms with Crippen LogP contribution in [0.1, 0.15) is 84.1 Å². The van der Waals surface area contributed by atoms with E-state index in [0.29, 0.717) is 0 Å². The molecule has 0 amide bonds. The van der Waals surface area contributed by atoms with Crippen molar-refractivity contribution in [1.82, 2.24) is 0 Å². The number of benzene rings is 2. The Morgan fingerprint density at radius 1 is 0.862 bits per heavy atom. The van der Waals surface area contributed by atoms with Crippen LogP contribution in [0.3, 0.4) is 0 Å². The maximum Gasteiger partial charge on any atom is -0.00674 e. The first-order valence-corrected chi connectivity index (χ1v) is 10.9. The summed E-state index contributed by atoms with van der Waals surface area (Å²) in [4.78, 5) is 0. The van der Waals surface area contributed by atoms with Crippen LogP contribution in [-0.4, -0.2) is 0 Å². The lowest BCUT2D eigenvalue weighted by molar-refractivity contribution is 0.584. The fraction of sp³-hybridized carbons (Fsp3) is 0.379. The Hall–Kier alpha value is -2.34. The summed E-state index contributed by atoms with van der Waals surface area (Å²) in [5.74, 6) is 0. The normalized spacial score (nSPS) is 15.1. The van der Waals surface area contributed by atoms with Crippen LogP contribution in [-0.2, 0) is 10.8 Å². The molecule has 0 radical (unpaired) electrons. The third-order valence-corrected chi connectivity index (χ3v) is 6.28. The molecule has 0 aromatic heterocycles. The van der Waals surface area contributed by atoms with Crippen molar-refractivity contribution in [2.75, 3.05) is 0 Å². The quantitative estimate of drug-likeness (QED) is 0.467. The Morgan fingerprint density at radius 3 is 2.14 bits per heavy atom. The van der Waals surface area contributed by atoms with Gasteiger partial charge >= 0.3 is 0 Å². The predicted molar refractivity (Wildman–Crippen MR) is 127 cm³/mol. The van der Waals surface area contributed by atoms with E-state index in [9.17, 15) is 0 Å². The van der Waals surface area contributed by atoms with Crippen molar-refractivity contribution in [3.63, 3.8) is 0 Å². The molecule has 0 unspecified atom stereocenters. The molecule has 0 spiro atoms. The fourth-order valence-corrected chi connectivity index (χ4v) is 4.69. The summed E-state index contributed by atoms with van der Waals surface area (Å²) in [6.07, 6.45) is 10.2. The Kier molecular flexibility index (Phi) is 4.53. The summed E-state index contributed by atoms with van der Waals surface area (Å²) in [6.45, 7) is 18.5. The zero-order valence-corrected chi connectivity index (χ0v) is 19.3. The van der Waals surface area contributed by atoms with Crippen LogP contribution in [0.15, 0.2) is 42.5 Å². The lowest BCUT2D eigenvalue weighted by Gasteiger charge is -2.24. The summed E-state index contributed by atoms with van der Waals surface area (Å²) in [7, 11) is 0. The molecule has 0 fully saturated rings. The number of rotatable bonds is 1. The molecule has 0 saturated heterocycles. The van der Waals surface area contributed by atoms with Crippen molar-refractivity contribution >= 4 is 17.2 Å². The maximum absolute atomic E-state index is 2.48. The van der Waals surface area contributed by atoms with E-state index in [2.05, 4.69) is 104 Å². The highest BCUT2D eigenvalue weighted by Crippen LogP contribution is 2.31. The standard InChI is InChI=1S/C29H34/c1-18(2)26-25(29(6,7)8)17-23-22-16-21(28(3,4)5)14-13-20(22)15-24(23)27(26)19-11-9-10-12-19/h9-11,13-17H,12H2,1-8H3. The van der Waals surface area contributed by atoms with Crippen molar-refractivity contribution in [3.05, 3.63) is 85.6 Å². The van der Waals surface area contributed by atoms with E-state index in [1.54, 1.807) is 0 Å². The third kappa shape index (κ3) is 3.33. The van der Waals surface area contributed by atoms with Gasteiger partial charge in [-0.25, -0.2) is 0 Å². The molecule has 2 aliphatic rings. The second kappa shape index (κ2) is 6.59. The van der Waals surface area contributed by atoms with Crippen molar-refractivity contribution in [2.45, 2.75) is 72.6 Å². The second-order valence-corrected chi connectivity index (χ2v) is 10.9. The van der Waals surface area contributed by atoms with E-state index >= 15 is 0 Å². The minimum absolute atomic E-state index is 0.0906. The summed E-state index contributed by atoms with van der Waals surface area (Å²) in [5.41, 5.74) is 8.81. The molecule has 150 valence electrons. The smallest absolute Gasteiger partial charge is 0.00674 e. The van der Waals surface area contributed by atoms with Crippen LogP contribution >= 0.6 is 0 Å². The molecule has 0 N–H and O–H groups in total. The number of fused-ring (bicyclic) bond motifs is 2. The summed E-state index contributed by atoms with van der Waals surface area (Å²) < 4.78 is 0. The molecule has 0 aliphatic heterocycles. The monoisotopic (exact) mass is 382 g/mol. The Morgan fingerprint density at radius 2 is 1.59 bits per heavy atom. The highest BCUT2D eigenvalue weighted by Gasteiger charge is 2.24. The van der Waals surface area contributed by atoms with E-state index in [1.165, 1.54) is 54.3 Å². The SMILES string of the molecule is CC(C)=c1c(C(C)(C)C)cc2c(c1C1=CC=CC1)C=c1ccc(C(C)(C)C)cc1=2. The van der Waals surface area contributed by atoms with Gasteiger partial charge in [0.05, 0.1) is 0 Å². The topological polar surface area (TPSA) is 0 Å². The van der Waals surface area contributed by atoms with Crippen LogP contribution < -0.4 is 10.4 Å². The molecule has 0 saturated carbocycles. The molecule has 0 heteroatoms. The summed E-state index contributed by atoms with van der Waals surface area (Å²) in [5, 5.41) is 5.60. The molecular weight excluding hydrogens is 348 g/mol. The summed E-state index contributed by atoms with van der Waals surface area (Å²) in [6, 6.07) is 9.54. The molecule has 2 aromatic carbocycles. The first-order chi connectivity index (χ1) is 13.5. The Bertz CT molecular complexity index is 1280. The zero-order valence-electron chi connectivity index (χ0n) is 19.3. The largest absolute Gasteiger partial charge is 0.0801 e. The van der Waals surface area contributed by atoms with Gasteiger partial charge in [0.2, 0.25) is 0 Å². The van der Waals surface area contributed by atoms with Gasteiger partial charge in [-0.2, -0.15) is 0 Å². The predicted octanol–water partition coefficient (Wildman–Crippen LogP) is 6.24. The highest BCUT2D eigenvalue weighted by molar-refractivity contribution is 5.81. The molecule has 0 bridgehead atoms. The average Bonchev–Trinajstić information content (AvgIpc) is 3.25. The molecular formula is C29H34. The minimum atomic E-state index is 0.0906. The van der Waals surface area contributed by atoms with Crippen molar-refractivity contribution in [3.8, 4) is 0 Å². The first kappa shape index (κ1) is 20.0. The van der Waals surface area contributed by atoms with Gasteiger partial charge in [0.1, 0.15) is 0 Å². The van der Waals surface area contributed by atoms with Crippen LogP contribution in [0.4, 0.5) is 0 Å². The molecule has 0 nitrogen and oxygen atoms in total. The second-order valence-electron chi connectivity index (χ2n) is 10.9. The van der Waals surface area contributed by atoms with Gasteiger partial charge in [0.25, 0.3) is 0 Å². The number of hydrogen-bond acceptors (Lipinski definition) is 0. The van der Waals surface area contributed by atoms with E-state index in [-0.39, 0.29) is 10.8 Å². The van der Waals surface area contributed by atoms with Gasteiger partial charge in [-0.1, -0.05) is 83.5 Å². The van der Waals surface area contributed by atoms with Crippen LogP contribution in [0.5, 0.6) is 0 Å². The van der Waals surface area contributed by atoms with Gasteiger partial charge in [0, 0.05) is 0 Å². The molecule has 2 aliphatic carbocycles. The molecule has 0 heterocycles. The lowest BCUT2D eigenvalue weighted by atomic mass is 9.80. The van der Waals surface area contributed by atoms with Crippen molar-refractivity contribution < 1.29 is 0 Å². The van der Waals surface area contributed by atoms with E-state index in [0.717, 1.165) is 6.42 Å². The molecule has 29 heavy (non-hydrogen) atoms. The van der Waals surface area contributed by atoms with Crippen molar-refractivity contribution in [2.24, 2.45) is 0 Å². The Balaban J connectivity index is 2.25. The number of hydrogen-bond donors (Lipinski definition) is 0. The third-order valence-electron chi connectivity index (χ3n) is 6.28.